The predicted molar refractivity (Wildman–Crippen MR) is 64.4 cm³/mol. The number of rotatable bonds is 9. The lowest BCUT2D eigenvalue weighted by Gasteiger charge is -2.10. The Morgan fingerprint density at radius 2 is 1.88 bits per heavy atom. The van der Waals surface area contributed by atoms with Crippen LogP contribution in [0.15, 0.2) is 0 Å². The lowest BCUT2D eigenvalue weighted by atomic mass is 10.5. The maximum atomic E-state index is 11.2. The third-order valence-corrected chi connectivity index (χ3v) is 1.88. The second-order valence-electron chi connectivity index (χ2n) is 3.75. The molecular weight excluding hydrogens is 224 g/mol. The fourth-order valence-electron chi connectivity index (χ4n) is 0.925. The molecule has 0 saturated carbocycles. The summed E-state index contributed by atoms with van der Waals surface area (Å²) in [5.74, 6) is -0.592. The molecule has 4 N–H and O–H groups in total. The van der Waals surface area contributed by atoms with Crippen LogP contribution in [-0.2, 0) is 14.3 Å². The van der Waals surface area contributed by atoms with Crippen LogP contribution in [-0.4, -0.2) is 70.2 Å². The van der Waals surface area contributed by atoms with Crippen molar-refractivity contribution in [1.29, 1.82) is 0 Å². The summed E-state index contributed by atoms with van der Waals surface area (Å²) in [7, 11) is 3.93. The fourth-order valence-corrected chi connectivity index (χ4v) is 0.925. The highest BCUT2D eigenvalue weighted by atomic mass is 16.5. The molecule has 0 radical (unpaired) electrons. The van der Waals surface area contributed by atoms with Crippen LogP contribution < -0.4 is 16.4 Å². The third-order valence-electron chi connectivity index (χ3n) is 1.88. The average molecular weight is 246 g/mol. The van der Waals surface area contributed by atoms with Crippen molar-refractivity contribution >= 4 is 11.8 Å². The molecule has 0 spiro atoms. The Morgan fingerprint density at radius 3 is 2.47 bits per heavy atom. The Bertz CT molecular complexity index is 234. The monoisotopic (exact) mass is 246 g/mol. The lowest BCUT2D eigenvalue weighted by Crippen LogP contribution is -2.40. The number of hydrogen-bond donors (Lipinski definition) is 3. The van der Waals surface area contributed by atoms with E-state index >= 15 is 0 Å². The smallest absolute Gasteiger partial charge is 0.239 e. The second-order valence-corrected chi connectivity index (χ2v) is 3.75. The highest BCUT2D eigenvalue weighted by Crippen LogP contribution is 1.77. The number of ether oxygens (including phenoxy) is 1. The maximum absolute atomic E-state index is 11.2. The van der Waals surface area contributed by atoms with Crippen LogP contribution in [0.5, 0.6) is 0 Å². The van der Waals surface area contributed by atoms with E-state index in [2.05, 4.69) is 10.6 Å². The van der Waals surface area contributed by atoms with Crippen LogP contribution in [0.3, 0.4) is 0 Å². The molecule has 0 aliphatic heterocycles. The Labute approximate surface area is 102 Å². The van der Waals surface area contributed by atoms with Crippen molar-refractivity contribution in [3.63, 3.8) is 0 Å². The molecule has 0 atom stereocenters. The number of nitrogens with two attached hydrogens (primary N) is 1. The van der Waals surface area contributed by atoms with E-state index in [0.717, 1.165) is 6.54 Å². The molecule has 7 heteroatoms. The van der Waals surface area contributed by atoms with Gasteiger partial charge in [-0.15, -0.1) is 0 Å². The fraction of sp³-hybridized carbons (Fsp3) is 0.800. The van der Waals surface area contributed by atoms with E-state index < -0.39 is 0 Å². The van der Waals surface area contributed by atoms with E-state index in [4.69, 9.17) is 10.5 Å². The highest BCUT2D eigenvalue weighted by Gasteiger charge is 2.02. The van der Waals surface area contributed by atoms with Crippen molar-refractivity contribution in [3.8, 4) is 0 Å². The molecule has 7 nitrogen and oxygen atoms in total. The number of nitrogens with one attached hydrogen (secondary N) is 2. The van der Waals surface area contributed by atoms with E-state index in [0.29, 0.717) is 19.8 Å². The molecule has 0 saturated heterocycles. The van der Waals surface area contributed by atoms with Gasteiger partial charge in [0.2, 0.25) is 11.8 Å². The van der Waals surface area contributed by atoms with Gasteiger partial charge in [0.25, 0.3) is 0 Å². The number of nitrogens with zero attached hydrogens (tertiary/aromatic N) is 1. The summed E-state index contributed by atoms with van der Waals surface area (Å²) >= 11 is 0. The van der Waals surface area contributed by atoms with E-state index in [9.17, 15) is 9.59 Å². The predicted octanol–water partition coefficient (Wildman–Crippen LogP) is -2.24. The van der Waals surface area contributed by atoms with Crippen molar-refractivity contribution in [2.75, 3.05) is 53.5 Å². The van der Waals surface area contributed by atoms with Gasteiger partial charge < -0.3 is 26.0 Å². The van der Waals surface area contributed by atoms with Gasteiger partial charge in [0, 0.05) is 13.1 Å². The summed E-state index contributed by atoms with van der Waals surface area (Å²) in [5, 5.41) is 4.99. The van der Waals surface area contributed by atoms with Crippen LogP contribution in [0, 0.1) is 0 Å². The van der Waals surface area contributed by atoms with Crippen molar-refractivity contribution in [3.05, 3.63) is 0 Å². The van der Waals surface area contributed by atoms with Crippen LogP contribution >= 0.6 is 0 Å². The first kappa shape index (κ1) is 15.8. The topological polar surface area (TPSA) is 96.7 Å². The zero-order valence-electron chi connectivity index (χ0n) is 10.5. The molecule has 17 heavy (non-hydrogen) atoms. The molecule has 0 aliphatic carbocycles. The Hall–Kier alpha value is -1.18. The van der Waals surface area contributed by atoms with Gasteiger partial charge in [0.15, 0.2) is 0 Å². The van der Waals surface area contributed by atoms with Gasteiger partial charge in [-0.2, -0.15) is 0 Å². The van der Waals surface area contributed by atoms with Gasteiger partial charge in [-0.05, 0) is 14.1 Å². The van der Waals surface area contributed by atoms with E-state index in [1.807, 2.05) is 19.0 Å². The molecule has 0 aromatic rings. The highest BCUT2D eigenvalue weighted by molar-refractivity contribution is 5.85. The number of hydrogen-bond acceptors (Lipinski definition) is 5. The van der Waals surface area contributed by atoms with Crippen LogP contribution in [0.1, 0.15) is 0 Å². The summed E-state index contributed by atoms with van der Waals surface area (Å²) in [6.07, 6.45) is 0. The third kappa shape index (κ3) is 11.1. The molecule has 100 valence electrons. The quantitative estimate of drug-likeness (QED) is 0.400. The molecule has 2 amide bonds. The first-order valence-electron chi connectivity index (χ1n) is 5.52. The standard InChI is InChI=1S/C10H22N4O3/c1-14(2)4-6-17-5-3-12-10(16)8-13-9(15)7-11/h3-8,11H2,1-2H3,(H,12,16)(H,13,15). The SMILES string of the molecule is CN(C)CCOCCNC(=O)CNC(=O)CN. The maximum Gasteiger partial charge on any atom is 0.239 e. The summed E-state index contributed by atoms with van der Waals surface area (Å²) in [6.45, 7) is 2.22. The normalized spacial score (nSPS) is 10.4. The first-order chi connectivity index (χ1) is 8.06. The largest absolute Gasteiger partial charge is 0.378 e. The van der Waals surface area contributed by atoms with Crippen molar-refractivity contribution in [1.82, 2.24) is 15.5 Å². The molecule has 0 aromatic carbocycles. The first-order valence-corrected chi connectivity index (χ1v) is 5.52. The molecule has 0 unspecified atom stereocenters. The van der Waals surface area contributed by atoms with Gasteiger partial charge >= 0.3 is 0 Å². The summed E-state index contributed by atoms with van der Waals surface area (Å²) in [6, 6.07) is 0. The molecular formula is C10H22N4O3. The Balaban J connectivity index is 3.30. The van der Waals surface area contributed by atoms with Crippen LogP contribution in [0.25, 0.3) is 0 Å². The number of amides is 2. The Morgan fingerprint density at radius 1 is 1.18 bits per heavy atom. The molecule has 0 aromatic heterocycles. The van der Waals surface area contributed by atoms with Gasteiger partial charge in [-0.25, -0.2) is 0 Å². The van der Waals surface area contributed by atoms with E-state index in [1.165, 1.54) is 0 Å². The molecule has 0 aliphatic rings. The zero-order chi connectivity index (χ0) is 13.1. The summed E-state index contributed by atoms with van der Waals surface area (Å²) < 4.78 is 5.28. The van der Waals surface area contributed by atoms with Gasteiger partial charge in [0.05, 0.1) is 26.3 Å². The lowest BCUT2D eigenvalue weighted by molar-refractivity contribution is -0.125. The summed E-state index contributed by atoms with van der Waals surface area (Å²) in [5.41, 5.74) is 5.07. The molecule has 0 rings (SSSR count). The Kier molecular flexibility index (Phi) is 9.31. The van der Waals surface area contributed by atoms with Gasteiger partial charge in [-0.1, -0.05) is 0 Å². The van der Waals surface area contributed by atoms with Gasteiger partial charge in [-0.3, -0.25) is 9.59 Å². The minimum Gasteiger partial charge on any atom is -0.378 e. The number of carbonyl (C=O) groups is 2. The number of carbonyl (C=O) groups excluding carboxylic acids is 2. The number of likely N-dealkylation sites (N-methyl/N-ethyl adjacent to an activating group) is 1. The van der Waals surface area contributed by atoms with Gasteiger partial charge in [0.1, 0.15) is 0 Å². The van der Waals surface area contributed by atoms with E-state index in [1.54, 1.807) is 0 Å². The van der Waals surface area contributed by atoms with Crippen LogP contribution in [0.2, 0.25) is 0 Å². The molecule has 0 heterocycles. The zero-order valence-corrected chi connectivity index (χ0v) is 10.5. The minimum absolute atomic E-state index is 0.0479. The van der Waals surface area contributed by atoms with Crippen molar-refractivity contribution in [2.24, 2.45) is 5.73 Å². The van der Waals surface area contributed by atoms with E-state index in [-0.39, 0.29) is 24.9 Å². The minimum atomic E-state index is -0.345. The van der Waals surface area contributed by atoms with Crippen molar-refractivity contribution in [2.45, 2.75) is 0 Å². The molecule has 0 bridgehead atoms. The van der Waals surface area contributed by atoms with Crippen LogP contribution in [0.4, 0.5) is 0 Å². The molecule has 0 fully saturated rings. The van der Waals surface area contributed by atoms with Crippen molar-refractivity contribution < 1.29 is 14.3 Å². The summed E-state index contributed by atoms with van der Waals surface area (Å²) in [4.78, 5) is 23.9. The average Bonchev–Trinajstić information content (AvgIpc) is 2.30. The second kappa shape index (κ2) is 10.0.